The first kappa shape index (κ1) is 19.4. The zero-order valence-corrected chi connectivity index (χ0v) is 15.9. The van der Waals surface area contributed by atoms with Crippen LogP contribution in [-0.2, 0) is 13.1 Å². The van der Waals surface area contributed by atoms with Crippen molar-refractivity contribution in [2.75, 3.05) is 14.2 Å². The predicted octanol–water partition coefficient (Wildman–Crippen LogP) is 4.69. The zero-order chi connectivity index (χ0) is 19.9. The Balaban J connectivity index is 1.87. The topological polar surface area (TPSA) is 38.8 Å². The van der Waals surface area contributed by atoms with E-state index in [-0.39, 0.29) is 11.5 Å². The lowest BCUT2D eigenvalue weighted by molar-refractivity contribution is 0.0725. The van der Waals surface area contributed by atoms with E-state index >= 15 is 0 Å². The molecule has 0 bridgehead atoms. The third kappa shape index (κ3) is 4.68. The van der Waals surface area contributed by atoms with Crippen molar-refractivity contribution in [3.05, 3.63) is 95.3 Å². The Kier molecular flexibility index (Phi) is 6.27. The van der Waals surface area contributed by atoms with Gasteiger partial charge in [-0.05, 0) is 47.5 Å². The molecule has 3 rings (SSSR count). The summed E-state index contributed by atoms with van der Waals surface area (Å²) in [6.07, 6.45) is 0. The van der Waals surface area contributed by atoms with Crippen LogP contribution >= 0.6 is 0 Å². The second-order valence-corrected chi connectivity index (χ2v) is 6.34. The number of rotatable bonds is 7. The number of halogens is 1. The molecule has 28 heavy (non-hydrogen) atoms. The Morgan fingerprint density at radius 1 is 0.786 bits per heavy atom. The molecular weight excluding hydrogens is 357 g/mol. The Morgan fingerprint density at radius 3 is 1.68 bits per heavy atom. The lowest BCUT2D eigenvalue weighted by Crippen LogP contribution is -2.30. The van der Waals surface area contributed by atoms with Crippen LogP contribution in [0.15, 0.2) is 72.8 Å². The Bertz CT molecular complexity index is 874. The van der Waals surface area contributed by atoms with Crippen molar-refractivity contribution >= 4 is 5.91 Å². The van der Waals surface area contributed by atoms with Crippen molar-refractivity contribution < 1.29 is 18.7 Å². The van der Waals surface area contributed by atoms with E-state index in [9.17, 15) is 9.18 Å². The van der Waals surface area contributed by atoms with Crippen LogP contribution in [0.5, 0.6) is 11.5 Å². The number of ether oxygens (including phenoxy) is 2. The van der Waals surface area contributed by atoms with Crippen LogP contribution in [0.2, 0.25) is 0 Å². The largest absolute Gasteiger partial charge is 0.497 e. The van der Waals surface area contributed by atoms with Crippen molar-refractivity contribution in [1.29, 1.82) is 0 Å². The average molecular weight is 379 g/mol. The number of nitrogens with zero attached hydrogens (tertiary/aromatic N) is 1. The smallest absolute Gasteiger partial charge is 0.257 e. The molecule has 0 heterocycles. The fraction of sp³-hybridized carbons (Fsp3) is 0.174. The number of amides is 1. The molecule has 0 aliphatic carbocycles. The molecule has 0 radical (unpaired) electrons. The van der Waals surface area contributed by atoms with E-state index in [0.29, 0.717) is 13.1 Å². The molecule has 0 aliphatic heterocycles. The van der Waals surface area contributed by atoms with Crippen molar-refractivity contribution in [1.82, 2.24) is 4.90 Å². The van der Waals surface area contributed by atoms with Crippen LogP contribution in [0.4, 0.5) is 4.39 Å². The van der Waals surface area contributed by atoms with Gasteiger partial charge in [-0.2, -0.15) is 0 Å². The molecule has 3 aromatic rings. The summed E-state index contributed by atoms with van der Waals surface area (Å²) in [6.45, 7) is 0.701. The average Bonchev–Trinajstić information content (AvgIpc) is 2.74. The molecule has 5 heteroatoms. The van der Waals surface area contributed by atoms with Gasteiger partial charge < -0.3 is 14.4 Å². The lowest BCUT2D eigenvalue weighted by atomic mass is 10.1. The van der Waals surface area contributed by atoms with Crippen molar-refractivity contribution in [3.63, 3.8) is 0 Å². The van der Waals surface area contributed by atoms with Crippen molar-refractivity contribution in [2.24, 2.45) is 0 Å². The summed E-state index contributed by atoms with van der Waals surface area (Å²) in [5.74, 6) is 0.600. The normalized spacial score (nSPS) is 10.4. The maximum absolute atomic E-state index is 14.2. The first-order chi connectivity index (χ1) is 13.6. The Morgan fingerprint density at radius 2 is 1.25 bits per heavy atom. The number of hydrogen-bond acceptors (Lipinski definition) is 3. The second-order valence-electron chi connectivity index (χ2n) is 6.34. The molecule has 0 atom stereocenters. The predicted molar refractivity (Wildman–Crippen MR) is 106 cm³/mol. The fourth-order valence-electron chi connectivity index (χ4n) is 2.91. The van der Waals surface area contributed by atoms with Gasteiger partial charge in [0.05, 0.1) is 19.8 Å². The summed E-state index contributed by atoms with van der Waals surface area (Å²) in [7, 11) is 3.21. The van der Waals surface area contributed by atoms with Gasteiger partial charge in [0.2, 0.25) is 0 Å². The van der Waals surface area contributed by atoms with Crippen molar-refractivity contribution in [2.45, 2.75) is 13.1 Å². The van der Waals surface area contributed by atoms with Gasteiger partial charge in [0.25, 0.3) is 5.91 Å². The summed E-state index contributed by atoms with van der Waals surface area (Å²) < 4.78 is 24.6. The van der Waals surface area contributed by atoms with E-state index in [1.807, 2.05) is 48.5 Å². The van der Waals surface area contributed by atoms with E-state index in [2.05, 4.69) is 0 Å². The fourth-order valence-corrected chi connectivity index (χ4v) is 2.91. The van der Waals surface area contributed by atoms with Crippen LogP contribution in [-0.4, -0.2) is 25.0 Å². The van der Waals surface area contributed by atoms with Gasteiger partial charge in [0.1, 0.15) is 17.3 Å². The third-order valence-corrected chi connectivity index (χ3v) is 4.46. The standard InChI is InChI=1S/C23H22FNO3/c1-27-19-11-7-17(8-12-19)15-25(16-18-9-13-20(28-2)14-10-18)23(26)21-5-3-4-6-22(21)24/h3-14H,15-16H2,1-2H3. The van der Waals surface area contributed by atoms with Gasteiger partial charge in [-0.3, -0.25) is 4.79 Å². The Labute approximate surface area is 164 Å². The molecule has 4 nitrogen and oxygen atoms in total. The summed E-state index contributed by atoms with van der Waals surface area (Å²) in [4.78, 5) is 14.7. The van der Waals surface area contributed by atoms with Crippen LogP contribution in [0.1, 0.15) is 21.5 Å². The van der Waals surface area contributed by atoms with E-state index in [0.717, 1.165) is 22.6 Å². The number of methoxy groups -OCH3 is 2. The van der Waals surface area contributed by atoms with Crippen LogP contribution < -0.4 is 9.47 Å². The van der Waals surface area contributed by atoms with Crippen molar-refractivity contribution in [3.8, 4) is 11.5 Å². The molecule has 1 amide bonds. The molecule has 0 spiro atoms. The second kappa shape index (κ2) is 9.04. The van der Waals surface area contributed by atoms with Gasteiger partial charge in [-0.25, -0.2) is 4.39 Å². The van der Waals surface area contributed by atoms with E-state index in [1.165, 1.54) is 12.1 Å². The highest BCUT2D eigenvalue weighted by atomic mass is 19.1. The minimum atomic E-state index is -0.526. The molecule has 0 saturated carbocycles. The zero-order valence-electron chi connectivity index (χ0n) is 15.9. The maximum atomic E-state index is 14.2. The van der Waals surface area contributed by atoms with Gasteiger partial charge in [0.15, 0.2) is 0 Å². The molecule has 0 fully saturated rings. The molecule has 0 saturated heterocycles. The highest BCUT2D eigenvalue weighted by molar-refractivity contribution is 5.94. The van der Waals surface area contributed by atoms with Crippen LogP contribution in [0.25, 0.3) is 0 Å². The number of carbonyl (C=O) groups is 1. The summed E-state index contributed by atoms with van der Waals surface area (Å²) in [5, 5.41) is 0. The van der Waals surface area contributed by atoms with Crippen LogP contribution in [0.3, 0.4) is 0 Å². The van der Waals surface area contributed by atoms with E-state index in [4.69, 9.17) is 9.47 Å². The maximum Gasteiger partial charge on any atom is 0.257 e. The highest BCUT2D eigenvalue weighted by Crippen LogP contribution is 2.19. The third-order valence-electron chi connectivity index (χ3n) is 4.46. The molecule has 0 aromatic heterocycles. The lowest BCUT2D eigenvalue weighted by Gasteiger charge is -2.23. The van der Waals surface area contributed by atoms with Gasteiger partial charge in [-0.1, -0.05) is 36.4 Å². The first-order valence-corrected chi connectivity index (χ1v) is 8.90. The SMILES string of the molecule is COc1ccc(CN(Cc2ccc(OC)cc2)C(=O)c2ccccc2F)cc1. The van der Waals surface area contributed by atoms with Gasteiger partial charge >= 0.3 is 0 Å². The summed E-state index contributed by atoms with van der Waals surface area (Å²) >= 11 is 0. The number of benzene rings is 3. The molecule has 0 aliphatic rings. The van der Waals surface area contributed by atoms with Gasteiger partial charge in [-0.15, -0.1) is 0 Å². The summed E-state index contributed by atoms with van der Waals surface area (Å²) in [5.41, 5.74) is 1.92. The molecule has 0 N–H and O–H groups in total. The minimum Gasteiger partial charge on any atom is -0.497 e. The Hall–Kier alpha value is -3.34. The molecule has 3 aromatic carbocycles. The molecule has 144 valence electrons. The van der Waals surface area contributed by atoms with Crippen LogP contribution in [0, 0.1) is 5.82 Å². The quantitative estimate of drug-likeness (QED) is 0.598. The highest BCUT2D eigenvalue weighted by Gasteiger charge is 2.20. The van der Waals surface area contributed by atoms with Gasteiger partial charge in [0, 0.05) is 13.1 Å². The number of carbonyl (C=O) groups excluding carboxylic acids is 1. The monoisotopic (exact) mass is 379 g/mol. The first-order valence-electron chi connectivity index (χ1n) is 8.90. The molecule has 0 unspecified atom stereocenters. The van der Waals surface area contributed by atoms with E-state index in [1.54, 1.807) is 31.3 Å². The molecular formula is C23H22FNO3. The van der Waals surface area contributed by atoms with E-state index < -0.39 is 5.82 Å². The number of hydrogen-bond donors (Lipinski definition) is 0. The summed E-state index contributed by atoms with van der Waals surface area (Å²) in [6, 6.07) is 21.0. The minimum absolute atomic E-state index is 0.0597.